The van der Waals surface area contributed by atoms with Gasteiger partial charge >= 0.3 is 0 Å². The van der Waals surface area contributed by atoms with Crippen LogP contribution in [0.1, 0.15) is 10.4 Å². The minimum Gasteiger partial charge on any atom is -0.306 e. The van der Waals surface area contributed by atoms with Crippen LogP contribution in [0.15, 0.2) is 47.7 Å². The SMILES string of the molecule is O=C(Nc1cc(-n2cccn2)ncn1)c1ccsc1. The van der Waals surface area contributed by atoms with E-state index < -0.39 is 0 Å². The second-order valence-electron chi connectivity index (χ2n) is 3.68. The van der Waals surface area contributed by atoms with Gasteiger partial charge in [-0.25, -0.2) is 14.6 Å². The number of aromatic nitrogens is 4. The minimum atomic E-state index is -0.189. The van der Waals surface area contributed by atoms with Gasteiger partial charge in [-0.15, -0.1) is 0 Å². The van der Waals surface area contributed by atoms with E-state index in [1.807, 2.05) is 5.38 Å². The van der Waals surface area contributed by atoms with E-state index in [1.165, 1.54) is 17.7 Å². The predicted octanol–water partition coefficient (Wildman–Crippen LogP) is 1.98. The number of amides is 1. The van der Waals surface area contributed by atoms with Crippen molar-refractivity contribution in [3.63, 3.8) is 0 Å². The second-order valence-corrected chi connectivity index (χ2v) is 4.46. The van der Waals surface area contributed by atoms with Gasteiger partial charge in [0, 0.05) is 23.8 Å². The molecule has 0 spiro atoms. The van der Waals surface area contributed by atoms with E-state index in [9.17, 15) is 4.79 Å². The molecule has 3 aromatic rings. The molecule has 0 aliphatic carbocycles. The van der Waals surface area contributed by atoms with Crippen molar-refractivity contribution in [2.45, 2.75) is 0 Å². The molecule has 19 heavy (non-hydrogen) atoms. The molecule has 7 heteroatoms. The largest absolute Gasteiger partial charge is 0.306 e. The molecule has 0 radical (unpaired) electrons. The summed E-state index contributed by atoms with van der Waals surface area (Å²) in [4.78, 5) is 20.0. The van der Waals surface area contributed by atoms with Crippen LogP contribution in [0.3, 0.4) is 0 Å². The Kier molecular flexibility index (Phi) is 3.03. The van der Waals surface area contributed by atoms with Crippen molar-refractivity contribution in [1.82, 2.24) is 19.7 Å². The summed E-state index contributed by atoms with van der Waals surface area (Å²) >= 11 is 1.47. The Labute approximate surface area is 112 Å². The predicted molar refractivity (Wildman–Crippen MR) is 71.4 cm³/mol. The molecule has 6 nitrogen and oxygen atoms in total. The fourth-order valence-electron chi connectivity index (χ4n) is 1.53. The van der Waals surface area contributed by atoms with Crippen molar-refractivity contribution in [3.8, 4) is 5.82 Å². The maximum Gasteiger partial charge on any atom is 0.257 e. The molecule has 0 fully saturated rings. The molecule has 0 unspecified atom stereocenters. The lowest BCUT2D eigenvalue weighted by Gasteiger charge is -2.04. The van der Waals surface area contributed by atoms with E-state index >= 15 is 0 Å². The van der Waals surface area contributed by atoms with Gasteiger partial charge < -0.3 is 5.32 Å². The fraction of sp³-hybridized carbons (Fsp3) is 0. The molecular formula is C12H9N5OS. The summed E-state index contributed by atoms with van der Waals surface area (Å²) in [5.41, 5.74) is 0.615. The summed E-state index contributed by atoms with van der Waals surface area (Å²) < 4.78 is 1.60. The molecule has 0 saturated heterocycles. The van der Waals surface area contributed by atoms with E-state index in [1.54, 1.807) is 40.7 Å². The lowest BCUT2D eigenvalue weighted by atomic mass is 10.3. The second kappa shape index (κ2) is 4.99. The molecule has 1 N–H and O–H groups in total. The Morgan fingerprint density at radius 2 is 2.32 bits per heavy atom. The number of thiophene rings is 1. The van der Waals surface area contributed by atoms with Crippen LogP contribution < -0.4 is 5.32 Å². The van der Waals surface area contributed by atoms with Gasteiger partial charge in [-0.05, 0) is 17.5 Å². The maximum atomic E-state index is 11.9. The topological polar surface area (TPSA) is 72.7 Å². The molecule has 94 valence electrons. The van der Waals surface area contributed by atoms with Gasteiger partial charge in [-0.1, -0.05) is 0 Å². The normalized spacial score (nSPS) is 10.3. The van der Waals surface area contributed by atoms with Gasteiger partial charge in [-0.2, -0.15) is 16.4 Å². The van der Waals surface area contributed by atoms with Crippen LogP contribution in [-0.4, -0.2) is 25.7 Å². The van der Waals surface area contributed by atoms with Crippen molar-refractivity contribution in [1.29, 1.82) is 0 Å². The van der Waals surface area contributed by atoms with Crippen molar-refractivity contribution >= 4 is 23.1 Å². The molecular weight excluding hydrogens is 262 g/mol. The molecule has 0 atom stereocenters. The highest BCUT2D eigenvalue weighted by Crippen LogP contribution is 2.11. The first-order valence-corrected chi connectivity index (χ1v) is 6.43. The van der Waals surface area contributed by atoms with Crippen LogP contribution in [0.2, 0.25) is 0 Å². The van der Waals surface area contributed by atoms with Gasteiger partial charge in [0.2, 0.25) is 0 Å². The Morgan fingerprint density at radius 1 is 1.37 bits per heavy atom. The molecule has 3 rings (SSSR count). The van der Waals surface area contributed by atoms with Crippen LogP contribution in [-0.2, 0) is 0 Å². The van der Waals surface area contributed by atoms with Crippen LogP contribution in [0, 0.1) is 0 Å². The summed E-state index contributed by atoms with van der Waals surface area (Å²) in [6.07, 6.45) is 4.82. The third-order valence-electron chi connectivity index (χ3n) is 2.42. The molecule has 0 bridgehead atoms. The summed E-state index contributed by atoms with van der Waals surface area (Å²) in [7, 11) is 0. The molecule has 0 saturated carbocycles. The number of carbonyl (C=O) groups excluding carboxylic acids is 1. The number of anilines is 1. The maximum absolute atomic E-state index is 11.9. The molecule has 3 aromatic heterocycles. The van der Waals surface area contributed by atoms with E-state index in [0.717, 1.165) is 0 Å². The first kappa shape index (κ1) is 11.5. The van der Waals surface area contributed by atoms with E-state index in [2.05, 4.69) is 20.4 Å². The van der Waals surface area contributed by atoms with Crippen molar-refractivity contribution in [3.05, 3.63) is 53.2 Å². The Bertz CT molecular complexity index is 678. The quantitative estimate of drug-likeness (QED) is 0.790. The third-order valence-corrected chi connectivity index (χ3v) is 3.10. The van der Waals surface area contributed by atoms with Gasteiger partial charge in [0.05, 0.1) is 5.56 Å². The summed E-state index contributed by atoms with van der Waals surface area (Å²) in [6.45, 7) is 0. The van der Waals surface area contributed by atoms with Gasteiger partial charge in [0.25, 0.3) is 5.91 Å². The van der Waals surface area contributed by atoms with Crippen LogP contribution >= 0.6 is 11.3 Å². The van der Waals surface area contributed by atoms with Crippen LogP contribution in [0.5, 0.6) is 0 Å². The zero-order chi connectivity index (χ0) is 13.1. The van der Waals surface area contributed by atoms with E-state index in [4.69, 9.17) is 0 Å². The number of hydrogen-bond acceptors (Lipinski definition) is 5. The zero-order valence-electron chi connectivity index (χ0n) is 9.72. The summed E-state index contributed by atoms with van der Waals surface area (Å²) in [5.74, 6) is 0.851. The van der Waals surface area contributed by atoms with E-state index in [-0.39, 0.29) is 5.91 Å². The highest BCUT2D eigenvalue weighted by Gasteiger charge is 2.08. The van der Waals surface area contributed by atoms with Gasteiger partial charge in [0.1, 0.15) is 12.1 Å². The first-order chi connectivity index (χ1) is 9.33. The first-order valence-electron chi connectivity index (χ1n) is 5.48. The lowest BCUT2D eigenvalue weighted by Crippen LogP contribution is -2.12. The van der Waals surface area contributed by atoms with E-state index in [0.29, 0.717) is 17.2 Å². The molecule has 0 aliphatic rings. The smallest absolute Gasteiger partial charge is 0.257 e. The standard InChI is InChI=1S/C12H9N5OS/c18-12(9-2-5-19-7-9)16-10-6-11(14-8-13-10)17-4-1-3-15-17/h1-8H,(H,13,14,16,18). The molecule has 0 aliphatic heterocycles. The lowest BCUT2D eigenvalue weighted by molar-refractivity contribution is 0.102. The molecule has 0 aromatic carbocycles. The van der Waals surface area contributed by atoms with Crippen molar-refractivity contribution in [2.24, 2.45) is 0 Å². The Hall–Kier alpha value is -2.54. The Morgan fingerprint density at radius 3 is 3.05 bits per heavy atom. The zero-order valence-corrected chi connectivity index (χ0v) is 10.5. The number of hydrogen-bond donors (Lipinski definition) is 1. The molecule has 3 heterocycles. The van der Waals surface area contributed by atoms with Crippen molar-refractivity contribution in [2.75, 3.05) is 5.32 Å². The summed E-state index contributed by atoms with van der Waals surface area (Å²) in [6, 6.07) is 5.22. The third kappa shape index (κ3) is 2.50. The number of nitrogens with one attached hydrogen (secondary N) is 1. The number of rotatable bonds is 3. The van der Waals surface area contributed by atoms with Crippen molar-refractivity contribution < 1.29 is 4.79 Å². The summed E-state index contributed by atoms with van der Waals surface area (Å²) in [5, 5.41) is 10.4. The van der Waals surface area contributed by atoms with Gasteiger partial charge in [-0.3, -0.25) is 4.79 Å². The number of nitrogens with zero attached hydrogens (tertiary/aromatic N) is 4. The fourth-order valence-corrected chi connectivity index (χ4v) is 2.16. The van der Waals surface area contributed by atoms with Gasteiger partial charge in [0.15, 0.2) is 5.82 Å². The van der Waals surface area contributed by atoms with Crippen LogP contribution in [0.4, 0.5) is 5.82 Å². The highest BCUT2D eigenvalue weighted by molar-refractivity contribution is 7.08. The monoisotopic (exact) mass is 271 g/mol. The minimum absolute atomic E-state index is 0.189. The highest BCUT2D eigenvalue weighted by atomic mass is 32.1. The Balaban J connectivity index is 1.82. The van der Waals surface area contributed by atoms with Crippen LogP contribution in [0.25, 0.3) is 5.82 Å². The average molecular weight is 271 g/mol. The number of carbonyl (C=O) groups is 1. The average Bonchev–Trinajstić information content (AvgIpc) is 3.13. The molecule has 1 amide bonds.